The van der Waals surface area contributed by atoms with Gasteiger partial charge in [-0.05, 0) is 62.3 Å². The molecule has 0 bridgehead atoms. The third kappa shape index (κ3) is 4.35. The van der Waals surface area contributed by atoms with E-state index in [2.05, 4.69) is 10.6 Å². The van der Waals surface area contributed by atoms with Gasteiger partial charge >= 0.3 is 5.97 Å². The number of hydrogen-bond acceptors (Lipinski definition) is 3. The Kier molecular flexibility index (Phi) is 5.99. The summed E-state index contributed by atoms with van der Waals surface area (Å²) in [6, 6.07) is 6.42. The van der Waals surface area contributed by atoms with Gasteiger partial charge in [0.25, 0.3) is 0 Å². The molecule has 2 fully saturated rings. The number of carboxylic acid groups (broad SMARTS) is 1. The predicted octanol–water partition coefficient (Wildman–Crippen LogP) is 3.12. The summed E-state index contributed by atoms with van der Waals surface area (Å²) >= 11 is 0. The van der Waals surface area contributed by atoms with Crippen molar-refractivity contribution in [2.75, 3.05) is 6.54 Å². The van der Waals surface area contributed by atoms with Gasteiger partial charge in [-0.25, -0.2) is 4.79 Å². The minimum Gasteiger partial charge on any atom is -0.478 e. The molecule has 1 aromatic rings. The Hall–Kier alpha value is -1.88. The number of nitrogens with one attached hydrogen (secondary N) is 2. The van der Waals surface area contributed by atoms with Gasteiger partial charge in [-0.15, -0.1) is 0 Å². The molecule has 1 aliphatic carbocycles. The molecule has 1 spiro atoms. The van der Waals surface area contributed by atoms with Gasteiger partial charge in [-0.2, -0.15) is 0 Å². The van der Waals surface area contributed by atoms with Crippen molar-refractivity contribution in [2.24, 2.45) is 5.41 Å². The van der Waals surface area contributed by atoms with Gasteiger partial charge in [-0.3, -0.25) is 4.79 Å². The molecule has 2 aliphatic rings. The van der Waals surface area contributed by atoms with Crippen molar-refractivity contribution >= 4 is 11.9 Å². The van der Waals surface area contributed by atoms with Gasteiger partial charge < -0.3 is 15.7 Å². The first-order chi connectivity index (χ1) is 11.5. The highest BCUT2D eigenvalue weighted by atomic mass is 16.4. The van der Waals surface area contributed by atoms with Crippen LogP contribution >= 0.6 is 0 Å². The summed E-state index contributed by atoms with van der Waals surface area (Å²) in [5.41, 5.74) is 1.60. The molecular formula is C19H28N2O3. The number of benzene rings is 1. The van der Waals surface area contributed by atoms with Gasteiger partial charge in [0.2, 0.25) is 5.91 Å². The zero-order chi connectivity index (χ0) is 17.7. The Bertz CT molecular complexity index is 579. The monoisotopic (exact) mass is 332 g/mol. The standard InChI is InChI=1S/C17H22N2O3.C2H6/c1-11(12-2-4-13(5-3-12)16(21)22)19-15(20)14-10-17(6-7-17)8-9-18-14;1-2/h2-5,11,14,18H,6-10H2,1H3,(H,19,20)(H,21,22);1-2H3. The fourth-order valence-electron chi connectivity index (χ4n) is 3.25. The van der Waals surface area contributed by atoms with Crippen LogP contribution in [0.1, 0.15) is 68.4 Å². The van der Waals surface area contributed by atoms with Crippen LogP contribution in [0.5, 0.6) is 0 Å². The van der Waals surface area contributed by atoms with Gasteiger partial charge in [0.1, 0.15) is 0 Å². The third-order valence-electron chi connectivity index (χ3n) is 4.97. The molecule has 1 amide bonds. The summed E-state index contributed by atoms with van der Waals surface area (Å²) in [5, 5.41) is 15.2. The van der Waals surface area contributed by atoms with E-state index in [0.717, 1.165) is 18.5 Å². The lowest BCUT2D eigenvalue weighted by Crippen LogP contribution is -2.49. The maximum atomic E-state index is 12.4. The predicted molar refractivity (Wildman–Crippen MR) is 94.0 cm³/mol. The number of carbonyl (C=O) groups excluding carboxylic acids is 1. The minimum atomic E-state index is -0.940. The molecule has 5 heteroatoms. The molecule has 1 saturated heterocycles. The van der Waals surface area contributed by atoms with Crippen LogP contribution in [0.15, 0.2) is 24.3 Å². The Morgan fingerprint density at radius 3 is 2.38 bits per heavy atom. The third-order valence-corrected chi connectivity index (χ3v) is 4.97. The first-order valence-electron chi connectivity index (χ1n) is 8.86. The lowest BCUT2D eigenvalue weighted by Gasteiger charge is -2.30. The molecule has 1 saturated carbocycles. The van der Waals surface area contributed by atoms with E-state index in [9.17, 15) is 9.59 Å². The molecule has 3 N–H and O–H groups in total. The van der Waals surface area contributed by atoms with Crippen molar-refractivity contribution in [3.63, 3.8) is 0 Å². The second kappa shape index (κ2) is 7.79. The van der Waals surface area contributed by atoms with Crippen LogP contribution in [0, 0.1) is 5.41 Å². The van der Waals surface area contributed by atoms with E-state index in [1.807, 2.05) is 20.8 Å². The highest BCUT2D eigenvalue weighted by Gasteiger charge is 2.47. The number of hydrogen-bond donors (Lipinski definition) is 3. The topological polar surface area (TPSA) is 78.4 Å². The van der Waals surface area contributed by atoms with E-state index in [4.69, 9.17) is 5.11 Å². The minimum absolute atomic E-state index is 0.0424. The highest BCUT2D eigenvalue weighted by Crippen LogP contribution is 2.53. The molecule has 2 unspecified atom stereocenters. The Morgan fingerprint density at radius 1 is 1.21 bits per heavy atom. The van der Waals surface area contributed by atoms with E-state index >= 15 is 0 Å². The molecule has 1 aliphatic heterocycles. The first kappa shape index (κ1) is 18.5. The number of aromatic carboxylic acids is 1. The molecule has 1 heterocycles. The van der Waals surface area contributed by atoms with Gasteiger partial charge in [0, 0.05) is 0 Å². The second-order valence-electron chi connectivity index (χ2n) is 6.62. The summed E-state index contributed by atoms with van der Waals surface area (Å²) in [6.45, 7) is 6.84. The SMILES string of the molecule is CC.CC(NC(=O)C1CC2(CCN1)CC2)c1ccc(C(=O)O)cc1. The molecule has 132 valence electrons. The number of amides is 1. The van der Waals surface area contributed by atoms with E-state index in [1.165, 1.54) is 19.3 Å². The van der Waals surface area contributed by atoms with Gasteiger partial charge in [0.05, 0.1) is 17.6 Å². The van der Waals surface area contributed by atoms with Crippen LogP contribution < -0.4 is 10.6 Å². The van der Waals surface area contributed by atoms with Crippen molar-refractivity contribution in [3.05, 3.63) is 35.4 Å². The number of rotatable bonds is 4. The zero-order valence-electron chi connectivity index (χ0n) is 14.8. The molecular weight excluding hydrogens is 304 g/mol. The van der Waals surface area contributed by atoms with E-state index < -0.39 is 5.97 Å². The Morgan fingerprint density at radius 2 is 1.83 bits per heavy atom. The number of carbonyl (C=O) groups is 2. The van der Waals surface area contributed by atoms with E-state index in [0.29, 0.717) is 5.41 Å². The van der Waals surface area contributed by atoms with E-state index in [-0.39, 0.29) is 23.6 Å². The maximum absolute atomic E-state index is 12.4. The molecule has 24 heavy (non-hydrogen) atoms. The maximum Gasteiger partial charge on any atom is 0.335 e. The fourth-order valence-corrected chi connectivity index (χ4v) is 3.25. The molecule has 3 rings (SSSR count). The number of piperidine rings is 1. The van der Waals surface area contributed by atoms with Crippen LogP contribution in [0.25, 0.3) is 0 Å². The van der Waals surface area contributed by atoms with Gasteiger partial charge in [-0.1, -0.05) is 26.0 Å². The highest BCUT2D eigenvalue weighted by molar-refractivity contribution is 5.87. The lowest BCUT2D eigenvalue weighted by atomic mass is 9.89. The van der Waals surface area contributed by atoms with Crippen molar-refractivity contribution < 1.29 is 14.7 Å². The molecule has 0 aromatic heterocycles. The molecule has 2 atom stereocenters. The first-order valence-corrected chi connectivity index (χ1v) is 8.86. The molecule has 5 nitrogen and oxygen atoms in total. The average Bonchev–Trinajstić information content (AvgIpc) is 3.35. The van der Waals surface area contributed by atoms with E-state index in [1.54, 1.807) is 24.3 Å². The van der Waals surface area contributed by atoms with Crippen LogP contribution in [0.3, 0.4) is 0 Å². The van der Waals surface area contributed by atoms with Crippen molar-refractivity contribution in [1.82, 2.24) is 10.6 Å². The zero-order valence-corrected chi connectivity index (χ0v) is 14.8. The van der Waals surface area contributed by atoms with Crippen LogP contribution in [-0.2, 0) is 4.79 Å². The van der Waals surface area contributed by atoms with Crippen molar-refractivity contribution in [3.8, 4) is 0 Å². The Balaban J connectivity index is 0.00000100. The van der Waals surface area contributed by atoms with Crippen LogP contribution in [-0.4, -0.2) is 29.6 Å². The largest absolute Gasteiger partial charge is 0.478 e. The summed E-state index contributed by atoms with van der Waals surface area (Å²) in [4.78, 5) is 23.3. The summed E-state index contributed by atoms with van der Waals surface area (Å²) in [5.74, 6) is -0.898. The average molecular weight is 332 g/mol. The van der Waals surface area contributed by atoms with Crippen molar-refractivity contribution in [1.29, 1.82) is 0 Å². The summed E-state index contributed by atoms with van der Waals surface area (Å²) < 4.78 is 0. The summed E-state index contributed by atoms with van der Waals surface area (Å²) in [6.07, 6.45) is 4.63. The quantitative estimate of drug-likeness (QED) is 0.791. The lowest BCUT2D eigenvalue weighted by molar-refractivity contribution is -0.124. The molecule has 0 radical (unpaired) electrons. The summed E-state index contributed by atoms with van der Waals surface area (Å²) in [7, 11) is 0. The number of carboxylic acids is 1. The second-order valence-corrected chi connectivity index (χ2v) is 6.62. The Labute approximate surface area is 143 Å². The van der Waals surface area contributed by atoms with Crippen LogP contribution in [0.2, 0.25) is 0 Å². The smallest absolute Gasteiger partial charge is 0.335 e. The van der Waals surface area contributed by atoms with Gasteiger partial charge in [0.15, 0.2) is 0 Å². The normalized spacial score (nSPS) is 22.0. The fraction of sp³-hybridized carbons (Fsp3) is 0.579. The van der Waals surface area contributed by atoms with Crippen molar-refractivity contribution in [2.45, 2.75) is 58.5 Å². The molecule has 1 aromatic carbocycles. The van der Waals surface area contributed by atoms with Crippen LogP contribution in [0.4, 0.5) is 0 Å².